The van der Waals surface area contributed by atoms with E-state index in [2.05, 4.69) is 10.1 Å². The molecule has 1 aromatic carbocycles. The zero-order valence-electron chi connectivity index (χ0n) is 10.0. The number of alkyl halides is 2. The van der Waals surface area contributed by atoms with Crippen LogP contribution in [0.1, 0.15) is 23.7 Å². The van der Waals surface area contributed by atoms with Crippen molar-refractivity contribution in [2.45, 2.75) is 26.0 Å². The summed E-state index contributed by atoms with van der Waals surface area (Å²) < 4.78 is 28.3. The number of carbonyl (C=O) groups excluding carboxylic acids is 1. The third-order valence-corrected chi connectivity index (χ3v) is 2.43. The normalized spacial score (nSPS) is 12.3. The number of amides is 1. The maximum Gasteiger partial charge on any atom is 0.387 e. The van der Waals surface area contributed by atoms with E-state index in [1.165, 1.54) is 24.3 Å². The quantitative estimate of drug-likeness (QED) is 0.817. The molecular formula is C12H16F2N2O2. The first-order chi connectivity index (χ1) is 8.56. The van der Waals surface area contributed by atoms with Gasteiger partial charge in [-0.1, -0.05) is 13.0 Å². The van der Waals surface area contributed by atoms with Crippen LogP contribution in [0.3, 0.4) is 0 Å². The van der Waals surface area contributed by atoms with Gasteiger partial charge in [-0.05, 0) is 24.6 Å². The summed E-state index contributed by atoms with van der Waals surface area (Å²) in [6.45, 7) is -0.681. The maximum absolute atomic E-state index is 12.0. The van der Waals surface area contributed by atoms with E-state index in [0.29, 0.717) is 13.0 Å². The summed E-state index contributed by atoms with van der Waals surface area (Å²) in [5.41, 5.74) is 5.73. The molecule has 0 saturated carbocycles. The van der Waals surface area contributed by atoms with Gasteiger partial charge in [-0.15, -0.1) is 0 Å². The average Bonchev–Trinajstić information content (AvgIpc) is 2.35. The molecule has 0 aliphatic heterocycles. The van der Waals surface area contributed by atoms with Crippen LogP contribution in [0.4, 0.5) is 8.78 Å². The molecule has 0 aliphatic rings. The third-order valence-electron chi connectivity index (χ3n) is 2.43. The van der Waals surface area contributed by atoms with Gasteiger partial charge in [0, 0.05) is 18.2 Å². The van der Waals surface area contributed by atoms with E-state index in [1.54, 1.807) is 0 Å². The SMILES string of the molecule is CCC(CN)NC(=O)c1cccc(OC(F)F)c1. The predicted molar refractivity (Wildman–Crippen MR) is 63.7 cm³/mol. The second-order valence-electron chi connectivity index (χ2n) is 3.72. The number of hydrogen-bond acceptors (Lipinski definition) is 3. The van der Waals surface area contributed by atoms with Crippen molar-refractivity contribution < 1.29 is 18.3 Å². The minimum absolute atomic E-state index is 0.0431. The number of nitrogens with one attached hydrogen (secondary N) is 1. The Labute approximate surface area is 104 Å². The van der Waals surface area contributed by atoms with E-state index in [0.717, 1.165) is 0 Å². The molecule has 100 valence electrons. The average molecular weight is 258 g/mol. The first kappa shape index (κ1) is 14.4. The van der Waals surface area contributed by atoms with Gasteiger partial charge in [0.05, 0.1) is 0 Å². The van der Waals surface area contributed by atoms with E-state index < -0.39 is 6.61 Å². The molecule has 1 atom stereocenters. The van der Waals surface area contributed by atoms with Crippen LogP contribution in [-0.2, 0) is 0 Å². The fraction of sp³-hybridized carbons (Fsp3) is 0.417. The van der Waals surface area contributed by atoms with Crippen LogP contribution >= 0.6 is 0 Å². The second kappa shape index (κ2) is 6.90. The highest BCUT2D eigenvalue weighted by Crippen LogP contribution is 2.16. The Morgan fingerprint density at radius 3 is 2.78 bits per heavy atom. The van der Waals surface area contributed by atoms with Crippen molar-refractivity contribution in [3.8, 4) is 5.75 Å². The van der Waals surface area contributed by atoms with Crippen molar-refractivity contribution in [1.29, 1.82) is 0 Å². The zero-order chi connectivity index (χ0) is 13.5. The van der Waals surface area contributed by atoms with Gasteiger partial charge in [-0.2, -0.15) is 8.78 Å². The third kappa shape index (κ3) is 4.29. The lowest BCUT2D eigenvalue weighted by molar-refractivity contribution is -0.0498. The van der Waals surface area contributed by atoms with Crippen LogP contribution in [0.5, 0.6) is 5.75 Å². The Morgan fingerprint density at radius 2 is 2.22 bits per heavy atom. The zero-order valence-corrected chi connectivity index (χ0v) is 10.0. The second-order valence-corrected chi connectivity index (χ2v) is 3.72. The fourth-order valence-electron chi connectivity index (χ4n) is 1.41. The number of nitrogens with two attached hydrogens (primary N) is 1. The van der Waals surface area contributed by atoms with Crippen molar-refractivity contribution in [2.75, 3.05) is 6.54 Å². The van der Waals surface area contributed by atoms with Gasteiger partial charge in [-0.3, -0.25) is 4.79 Å². The first-order valence-electron chi connectivity index (χ1n) is 5.62. The number of hydrogen-bond donors (Lipinski definition) is 2. The van der Waals surface area contributed by atoms with E-state index in [1.807, 2.05) is 6.92 Å². The van der Waals surface area contributed by atoms with Crippen LogP contribution in [0.15, 0.2) is 24.3 Å². The molecule has 3 N–H and O–H groups in total. The molecule has 1 rings (SSSR count). The Bertz CT molecular complexity index is 395. The summed E-state index contributed by atoms with van der Waals surface area (Å²) >= 11 is 0. The lowest BCUT2D eigenvalue weighted by Crippen LogP contribution is -2.39. The van der Waals surface area contributed by atoms with E-state index >= 15 is 0 Å². The van der Waals surface area contributed by atoms with Crippen molar-refractivity contribution >= 4 is 5.91 Å². The van der Waals surface area contributed by atoms with Gasteiger partial charge in [-0.25, -0.2) is 0 Å². The van der Waals surface area contributed by atoms with Crippen molar-refractivity contribution in [2.24, 2.45) is 5.73 Å². The highest BCUT2D eigenvalue weighted by molar-refractivity contribution is 5.94. The highest BCUT2D eigenvalue weighted by atomic mass is 19.3. The fourth-order valence-corrected chi connectivity index (χ4v) is 1.41. The molecular weight excluding hydrogens is 242 g/mol. The number of rotatable bonds is 6. The maximum atomic E-state index is 12.0. The van der Waals surface area contributed by atoms with Crippen LogP contribution in [0, 0.1) is 0 Å². The van der Waals surface area contributed by atoms with Crippen LogP contribution in [-0.4, -0.2) is 25.1 Å². The molecule has 0 saturated heterocycles. The Balaban J connectivity index is 2.73. The Kier molecular flexibility index (Phi) is 5.51. The molecule has 0 bridgehead atoms. The van der Waals surface area contributed by atoms with E-state index in [9.17, 15) is 13.6 Å². The largest absolute Gasteiger partial charge is 0.435 e. The molecule has 4 nitrogen and oxygen atoms in total. The molecule has 6 heteroatoms. The smallest absolute Gasteiger partial charge is 0.387 e. The molecule has 1 unspecified atom stereocenters. The van der Waals surface area contributed by atoms with Gasteiger partial charge >= 0.3 is 6.61 Å². The Hall–Kier alpha value is -1.69. The number of benzene rings is 1. The van der Waals surface area contributed by atoms with Gasteiger partial charge in [0.2, 0.25) is 0 Å². The number of ether oxygens (including phenoxy) is 1. The summed E-state index contributed by atoms with van der Waals surface area (Å²) in [5.74, 6) is -0.398. The van der Waals surface area contributed by atoms with Crippen molar-refractivity contribution in [1.82, 2.24) is 5.32 Å². The number of carbonyl (C=O) groups is 1. The summed E-state index contributed by atoms with van der Waals surface area (Å²) in [6, 6.07) is 5.51. The molecule has 1 amide bonds. The van der Waals surface area contributed by atoms with Gasteiger partial charge < -0.3 is 15.8 Å². The molecule has 0 spiro atoms. The van der Waals surface area contributed by atoms with Crippen LogP contribution in [0.25, 0.3) is 0 Å². The van der Waals surface area contributed by atoms with Gasteiger partial charge in [0.1, 0.15) is 5.75 Å². The molecule has 0 heterocycles. The molecule has 0 aromatic heterocycles. The van der Waals surface area contributed by atoms with Gasteiger partial charge in [0.25, 0.3) is 5.91 Å². The predicted octanol–water partition coefficient (Wildman–Crippen LogP) is 1.76. The first-order valence-corrected chi connectivity index (χ1v) is 5.62. The lowest BCUT2D eigenvalue weighted by atomic mass is 10.1. The lowest BCUT2D eigenvalue weighted by Gasteiger charge is -2.14. The summed E-state index contributed by atoms with van der Waals surface area (Å²) in [6.07, 6.45) is 0.704. The molecule has 0 radical (unpaired) electrons. The van der Waals surface area contributed by atoms with E-state index in [-0.39, 0.29) is 23.3 Å². The van der Waals surface area contributed by atoms with Crippen LogP contribution in [0.2, 0.25) is 0 Å². The molecule has 0 aliphatic carbocycles. The Morgan fingerprint density at radius 1 is 1.50 bits per heavy atom. The van der Waals surface area contributed by atoms with Crippen LogP contribution < -0.4 is 15.8 Å². The highest BCUT2D eigenvalue weighted by Gasteiger charge is 2.12. The van der Waals surface area contributed by atoms with E-state index in [4.69, 9.17) is 5.73 Å². The summed E-state index contributed by atoms with van der Waals surface area (Å²) in [4.78, 5) is 11.8. The minimum atomic E-state index is -2.91. The van der Waals surface area contributed by atoms with Crippen molar-refractivity contribution in [3.05, 3.63) is 29.8 Å². The van der Waals surface area contributed by atoms with Gasteiger partial charge in [0.15, 0.2) is 0 Å². The topological polar surface area (TPSA) is 64.3 Å². The monoisotopic (exact) mass is 258 g/mol. The summed E-state index contributed by atoms with van der Waals surface area (Å²) in [7, 11) is 0. The molecule has 0 fully saturated rings. The standard InChI is InChI=1S/C12H16F2N2O2/c1-2-9(7-15)16-11(17)8-4-3-5-10(6-8)18-12(13)14/h3-6,9,12H,2,7,15H2,1H3,(H,16,17). The summed E-state index contributed by atoms with van der Waals surface area (Å²) in [5, 5.41) is 2.71. The van der Waals surface area contributed by atoms with Crippen molar-refractivity contribution in [3.63, 3.8) is 0 Å². The molecule has 1 aromatic rings. The molecule has 18 heavy (non-hydrogen) atoms. The minimum Gasteiger partial charge on any atom is -0.435 e. The number of halogens is 2.